The molecule has 7 heteroatoms. The number of carbonyl (C=O) groups excluding carboxylic acids is 1. The van der Waals surface area contributed by atoms with Crippen LogP contribution >= 0.6 is 11.3 Å². The van der Waals surface area contributed by atoms with Crippen LogP contribution < -0.4 is 4.74 Å². The number of hydrogen-bond donors (Lipinski definition) is 1. The number of rotatable bonds is 5. The lowest BCUT2D eigenvalue weighted by molar-refractivity contribution is -0.129. The number of carbonyl (C=O) groups is 2. The molecule has 1 aliphatic carbocycles. The van der Waals surface area contributed by atoms with Gasteiger partial charge in [-0.25, -0.2) is 4.79 Å². The second-order valence-corrected chi connectivity index (χ2v) is 9.00. The van der Waals surface area contributed by atoms with Gasteiger partial charge in [-0.05, 0) is 29.9 Å². The smallest absolute Gasteiger partial charge is 0.449 e. The topological polar surface area (TPSA) is 71.8 Å². The molecule has 2 aromatic heterocycles. The zero-order valence-electron chi connectivity index (χ0n) is 17.3. The Hall–Kier alpha value is -2.80. The van der Waals surface area contributed by atoms with Crippen LogP contribution in [0.2, 0.25) is 0 Å². The molecule has 0 atom stereocenters. The predicted octanol–water partition coefficient (Wildman–Crippen LogP) is 5.56. The highest BCUT2D eigenvalue weighted by Crippen LogP contribution is 2.48. The molecule has 0 radical (unpaired) electrons. The summed E-state index contributed by atoms with van der Waals surface area (Å²) in [5, 5.41) is 9.43. The van der Waals surface area contributed by atoms with Crippen molar-refractivity contribution in [3.8, 4) is 16.3 Å². The predicted molar refractivity (Wildman–Crippen MR) is 118 cm³/mol. The molecule has 1 saturated carbocycles. The SMILES string of the molecule is CN(C)C(=O)Cn1c(-c2ccccc2)c(C2CCCCC2)c2sc(OC(=O)O)cc21. The van der Waals surface area contributed by atoms with Crippen molar-refractivity contribution in [3.05, 3.63) is 42.0 Å². The molecule has 0 spiro atoms. The third-order valence-corrected chi connectivity index (χ3v) is 6.83. The van der Waals surface area contributed by atoms with Gasteiger partial charge in [-0.2, -0.15) is 0 Å². The second-order valence-electron chi connectivity index (χ2n) is 7.99. The Morgan fingerprint density at radius 1 is 1.17 bits per heavy atom. The second kappa shape index (κ2) is 8.52. The van der Waals surface area contributed by atoms with Crippen LogP contribution in [-0.4, -0.2) is 40.7 Å². The average molecular weight is 427 g/mol. The van der Waals surface area contributed by atoms with E-state index in [0.29, 0.717) is 11.0 Å². The van der Waals surface area contributed by atoms with Crippen molar-refractivity contribution in [3.63, 3.8) is 0 Å². The summed E-state index contributed by atoms with van der Waals surface area (Å²) >= 11 is 1.36. The molecular weight excluding hydrogens is 400 g/mol. The highest BCUT2D eigenvalue weighted by molar-refractivity contribution is 7.21. The van der Waals surface area contributed by atoms with Crippen LogP contribution in [0, 0.1) is 0 Å². The van der Waals surface area contributed by atoms with Crippen molar-refractivity contribution in [2.45, 2.75) is 44.6 Å². The Kier molecular flexibility index (Phi) is 5.81. The molecule has 1 N–H and O–H groups in total. The molecule has 3 aromatic rings. The third-order valence-electron chi connectivity index (χ3n) is 5.79. The van der Waals surface area contributed by atoms with Crippen molar-refractivity contribution < 1.29 is 19.4 Å². The number of carboxylic acid groups (broad SMARTS) is 1. The van der Waals surface area contributed by atoms with Crippen molar-refractivity contribution in [1.29, 1.82) is 0 Å². The molecule has 1 aliphatic rings. The number of likely N-dealkylation sites (N-methyl/N-ethyl adjacent to an activating group) is 1. The first-order valence-electron chi connectivity index (χ1n) is 10.3. The van der Waals surface area contributed by atoms with Gasteiger partial charge in [0.05, 0.1) is 15.9 Å². The van der Waals surface area contributed by atoms with Gasteiger partial charge in [0.1, 0.15) is 6.54 Å². The van der Waals surface area contributed by atoms with E-state index < -0.39 is 6.16 Å². The number of fused-ring (bicyclic) bond motifs is 1. The molecule has 0 bridgehead atoms. The van der Waals surface area contributed by atoms with Crippen molar-refractivity contribution in [2.24, 2.45) is 0 Å². The highest BCUT2D eigenvalue weighted by atomic mass is 32.1. The maximum absolute atomic E-state index is 12.7. The van der Waals surface area contributed by atoms with E-state index >= 15 is 0 Å². The molecule has 6 nitrogen and oxygen atoms in total. The van der Waals surface area contributed by atoms with Gasteiger partial charge in [-0.15, -0.1) is 0 Å². The lowest BCUT2D eigenvalue weighted by atomic mass is 9.83. The fourth-order valence-corrected chi connectivity index (χ4v) is 5.51. The van der Waals surface area contributed by atoms with E-state index in [2.05, 4.69) is 12.1 Å². The molecule has 30 heavy (non-hydrogen) atoms. The summed E-state index contributed by atoms with van der Waals surface area (Å²) in [5.74, 6) is 0.384. The van der Waals surface area contributed by atoms with Crippen LogP contribution in [0.5, 0.6) is 5.06 Å². The summed E-state index contributed by atoms with van der Waals surface area (Å²) in [5.41, 5.74) is 4.24. The number of hydrogen-bond acceptors (Lipinski definition) is 4. The lowest BCUT2D eigenvalue weighted by Crippen LogP contribution is -2.26. The number of aromatic nitrogens is 1. The largest absolute Gasteiger partial charge is 0.512 e. The first-order valence-corrected chi connectivity index (χ1v) is 11.1. The monoisotopic (exact) mass is 426 g/mol. The molecular formula is C23H26N2O4S. The Morgan fingerprint density at radius 2 is 1.87 bits per heavy atom. The summed E-state index contributed by atoms with van der Waals surface area (Å²) in [4.78, 5) is 25.4. The fraction of sp³-hybridized carbons (Fsp3) is 0.391. The molecule has 1 fully saturated rings. The number of amides is 1. The minimum Gasteiger partial charge on any atom is -0.449 e. The van der Waals surface area contributed by atoms with Crippen LogP contribution in [0.15, 0.2) is 36.4 Å². The van der Waals surface area contributed by atoms with Crippen LogP contribution in [0.25, 0.3) is 21.5 Å². The van der Waals surface area contributed by atoms with Crippen molar-refractivity contribution in [1.82, 2.24) is 9.47 Å². The van der Waals surface area contributed by atoms with E-state index in [0.717, 1.165) is 34.3 Å². The minimum absolute atomic E-state index is 0.00817. The maximum atomic E-state index is 12.7. The van der Waals surface area contributed by atoms with E-state index in [1.54, 1.807) is 25.1 Å². The van der Waals surface area contributed by atoms with E-state index in [4.69, 9.17) is 9.84 Å². The van der Waals surface area contributed by atoms with Gasteiger partial charge >= 0.3 is 6.16 Å². The Balaban J connectivity index is 1.96. The van der Waals surface area contributed by atoms with Gasteiger partial charge in [0.15, 0.2) is 5.06 Å². The maximum Gasteiger partial charge on any atom is 0.512 e. The van der Waals surface area contributed by atoms with Crippen molar-refractivity contribution >= 4 is 33.6 Å². The van der Waals surface area contributed by atoms with Crippen LogP contribution in [0.3, 0.4) is 0 Å². The summed E-state index contributed by atoms with van der Waals surface area (Å²) in [6.45, 7) is 0.198. The van der Waals surface area contributed by atoms with Gasteiger partial charge in [0.2, 0.25) is 5.91 Å². The van der Waals surface area contributed by atoms with E-state index in [1.165, 1.54) is 36.2 Å². The summed E-state index contributed by atoms with van der Waals surface area (Å²) in [7, 11) is 3.50. The van der Waals surface area contributed by atoms with Gasteiger partial charge in [0, 0.05) is 20.2 Å². The Morgan fingerprint density at radius 3 is 2.50 bits per heavy atom. The van der Waals surface area contributed by atoms with Crippen LogP contribution in [0.1, 0.15) is 43.6 Å². The first kappa shape index (κ1) is 20.5. The lowest BCUT2D eigenvalue weighted by Gasteiger charge is -2.24. The van der Waals surface area contributed by atoms with E-state index in [-0.39, 0.29) is 12.5 Å². The highest BCUT2D eigenvalue weighted by Gasteiger charge is 2.29. The molecule has 0 aliphatic heterocycles. The molecule has 1 aromatic carbocycles. The van der Waals surface area contributed by atoms with Gasteiger partial charge in [-0.1, -0.05) is 60.9 Å². The number of benzene rings is 1. The normalized spacial score (nSPS) is 14.7. The summed E-state index contributed by atoms with van der Waals surface area (Å²) < 4.78 is 8.05. The fourth-order valence-electron chi connectivity index (χ4n) is 4.38. The Labute approximate surface area is 179 Å². The van der Waals surface area contributed by atoms with Crippen molar-refractivity contribution in [2.75, 3.05) is 14.1 Å². The zero-order chi connectivity index (χ0) is 21.3. The molecule has 4 rings (SSSR count). The summed E-state index contributed by atoms with van der Waals surface area (Å²) in [6, 6.07) is 11.9. The number of nitrogens with zero attached hydrogens (tertiary/aromatic N) is 2. The van der Waals surface area contributed by atoms with Crippen LogP contribution in [0.4, 0.5) is 4.79 Å². The number of ether oxygens (including phenoxy) is 1. The average Bonchev–Trinajstić information content (AvgIpc) is 3.25. The molecule has 158 valence electrons. The van der Waals surface area contributed by atoms with Gasteiger partial charge in [0.25, 0.3) is 0 Å². The third kappa shape index (κ3) is 3.94. The molecule has 2 heterocycles. The van der Waals surface area contributed by atoms with Gasteiger partial charge < -0.3 is 19.3 Å². The Bertz CT molecular complexity index is 1060. The van der Waals surface area contributed by atoms with E-state index in [9.17, 15) is 9.59 Å². The standard InChI is InChI=1S/C23H26N2O4S/c1-24(2)18(26)14-25-17-13-19(29-23(27)28)30-22(17)20(15-9-5-3-6-10-15)21(25)16-11-7-4-8-12-16/h4,7-8,11-13,15H,3,5-6,9-10,14H2,1-2H3,(H,27,28). The van der Waals surface area contributed by atoms with Crippen LogP contribution in [-0.2, 0) is 11.3 Å². The number of thiophene rings is 1. The molecule has 0 unspecified atom stereocenters. The quantitative estimate of drug-likeness (QED) is 0.542. The molecule has 1 amide bonds. The zero-order valence-corrected chi connectivity index (χ0v) is 18.1. The summed E-state index contributed by atoms with van der Waals surface area (Å²) in [6.07, 6.45) is 4.51. The van der Waals surface area contributed by atoms with Gasteiger partial charge in [-0.3, -0.25) is 4.79 Å². The first-order chi connectivity index (χ1) is 14.5. The molecule has 0 saturated heterocycles. The minimum atomic E-state index is -1.32. The van der Waals surface area contributed by atoms with E-state index in [1.807, 2.05) is 22.8 Å².